The molecule has 0 saturated carbocycles. The first kappa shape index (κ1) is 26.2. The van der Waals surface area contributed by atoms with Crippen molar-refractivity contribution in [2.24, 2.45) is 0 Å². The summed E-state index contributed by atoms with van der Waals surface area (Å²) in [6.45, 7) is 3.27. The van der Waals surface area contributed by atoms with Gasteiger partial charge in [0.15, 0.2) is 0 Å². The number of aryl methyl sites for hydroxylation is 2. The predicted molar refractivity (Wildman–Crippen MR) is 148 cm³/mol. The van der Waals surface area contributed by atoms with Gasteiger partial charge in [0.1, 0.15) is 6.54 Å². The minimum Gasteiger partial charge on any atom is -0.325 e. The molecule has 192 valence electrons. The molecule has 0 bridgehead atoms. The fourth-order valence-corrected chi connectivity index (χ4v) is 5.98. The molecular weight excluding hydrogens is 510 g/mol. The molecule has 0 atom stereocenters. The normalized spacial score (nSPS) is 11.8. The van der Waals surface area contributed by atoms with Crippen molar-refractivity contribution in [3.8, 4) is 0 Å². The van der Waals surface area contributed by atoms with Crippen LogP contribution in [0.3, 0.4) is 0 Å². The Labute approximate surface area is 217 Å². The van der Waals surface area contributed by atoms with Gasteiger partial charge in [-0.2, -0.15) is 0 Å². The maximum Gasteiger partial charge on any atom is 0.261 e. The highest BCUT2D eigenvalue weighted by atomic mass is 32.2. The van der Waals surface area contributed by atoms with E-state index in [1.165, 1.54) is 24.3 Å². The quantitative estimate of drug-likeness (QED) is 0.339. The van der Waals surface area contributed by atoms with Crippen molar-refractivity contribution >= 4 is 53.8 Å². The minimum absolute atomic E-state index is 0.0198. The second-order valence-corrected chi connectivity index (χ2v) is 12.4. The predicted octanol–water partition coefficient (Wildman–Crippen LogP) is 4.66. The summed E-state index contributed by atoms with van der Waals surface area (Å²) >= 11 is 0. The molecule has 2 N–H and O–H groups in total. The molecule has 0 aliphatic rings. The van der Waals surface area contributed by atoms with Gasteiger partial charge in [-0.1, -0.05) is 42.5 Å². The Balaban J connectivity index is 1.49. The maximum atomic E-state index is 13.0. The van der Waals surface area contributed by atoms with Crippen LogP contribution in [0.1, 0.15) is 11.1 Å². The molecule has 1 amide bonds. The van der Waals surface area contributed by atoms with E-state index in [9.17, 15) is 21.6 Å². The number of sulfonamides is 2. The van der Waals surface area contributed by atoms with Crippen molar-refractivity contribution in [2.45, 2.75) is 18.7 Å². The van der Waals surface area contributed by atoms with Crippen LogP contribution in [0.5, 0.6) is 0 Å². The Bertz CT molecular complexity index is 1660. The van der Waals surface area contributed by atoms with E-state index in [1.54, 1.807) is 24.3 Å². The molecule has 0 unspecified atom stereocenters. The summed E-state index contributed by atoms with van der Waals surface area (Å²) in [5.41, 5.74) is 2.94. The number of nitrogens with zero attached hydrogens (tertiary/aromatic N) is 1. The number of hydrogen-bond acceptors (Lipinski definition) is 5. The average molecular weight is 538 g/mol. The number of carbonyl (C=O) groups is 1. The lowest BCUT2D eigenvalue weighted by Gasteiger charge is -2.23. The van der Waals surface area contributed by atoms with Crippen molar-refractivity contribution in [2.75, 3.05) is 27.1 Å². The van der Waals surface area contributed by atoms with Crippen molar-refractivity contribution in [3.05, 3.63) is 96.1 Å². The fraction of sp³-hybridized carbons (Fsp3) is 0.148. The molecule has 0 aliphatic heterocycles. The number of carbonyl (C=O) groups excluding carboxylic acids is 1. The molecule has 0 heterocycles. The van der Waals surface area contributed by atoms with E-state index >= 15 is 0 Å². The van der Waals surface area contributed by atoms with Gasteiger partial charge in [0, 0.05) is 11.1 Å². The average Bonchev–Trinajstić information content (AvgIpc) is 2.81. The van der Waals surface area contributed by atoms with E-state index in [-0.39, 0.29) is 4.90 Å². The van der Waals surface area contributed by atoms with Crippen LogP contribution in [0.2, 0.25) is 0 Å². The first-order valence-electron chi connectivity index (χ1n) is 11.4. The van der Waals surface area contributed by atoms with Gasteiger partial charge in [-0.25, -0.2) is 16.8 Å². The van der Waals surface area contributed by atoms with E-state index in [2.05, 4.69) is 10.0 Å². The Morgan fingerprint density at radius 2 is 1.43 bits per heavy atom. The third kappa shape index (κ3) is 6.28. The third-order valence-electron chi connectivity index (χ3n) is 5.66. The maximum absolute atomic E-state index is 13.0. The molecule has 0 aliphatic carbocycles. The summed E-state index contributed by atoms with van der Waals surface area (Å²) in [5.74, 6) is -0.561. The second-order valence-electron chi connectivity index (χ2n) is 8.82. The summed E-state index contributed by atoms with van der Waals surface area (Å²) in [6, 6.07) is 23.8. The van der Waals surface area contributed by atoms with E-state index in [0.29, 0.717) is 17.1 Å². The lowest BCUT2D eigenvalue weighted by molar-refractivity contribution is -0.114. The van der Waals surface area contributed by atoms with Gasteiger partial charge in [0.2, 0.25) is 15.9 Å². The van der Waals surface area contributed by atoms with Gasteiger partial charge in [0.05, 0.1) is 22.5 Å². The van der Waals surface area contributed by atoms with E-state index in [1.807, 2.05) is 50.2 Å². The SMILES string of the molecule is Cc1cc(C)cc(N(CC(=O)Nc2ccc(S(=O)(=O)Nc3cccc4ccccc34)cc2)S(C)(=O)=O)c1. The van der Waals surface area contributed by atoms with Crippen LogP contribution in [-0.2, 0) is 24.8 Å². The first-order valence-corrected chi connectivity index (χ1v) is 14.7. The Morgan fingerprint density at radius 1 is 0.811 bits per heavy atom. The van der Waals surface area contributed by atoms with Crippen LogP contribution >= 0.6 is 0 Å². The van der Waals surface area contributed by atoms with Crippen LogP contribution in [0.25, 0.3) is 10.8 Å². The van der Waals surface area contributed by atoms with Crippen molar-refractivity contribution < 1.29 is 21.6 Å². The lowest BCUT2D eigenvalue weighted by Crippen LogP contribution is -2.37. The standard InChI is InChI=1S/C27H27N3O5S2/c1-19-15-20(2)17-23(16-19)30(36(3,32)33)18-27(31)28-22-11-13-24(14-12-22)37(34,35)29-26-10-6-8-21-7-4-5-9-25(21)26/h4-17,29H,18H2,1-3H3,(H,28,31). The first-order chi connectivity index (χ1) is 17.4. The Morgan fingerprint density at radius 3 is 2.08 bits per heavy atom. The molecule has 4 rings (SSSR count). The van der Waals surface area contributed by atoms with Crippen LogP contribution < -0.4 is 14.3 Å². The van der Waals surface area contributed by atoms with Gasteiger partial charge >= 0.3 is 0 Å². The van der Waals surface area contributed by atoms with Gasteiger partial charge in [-0.05, 0) is 72.8 Å². The second kappa shape index (κ2) is 10.2. The van der Waals surface area contributed by atoms with Gasteiger partial charge in [0.25, 0.3) is 10.0 Å². The highest BCUT2D eigenvalue weighted by molar-refractivity contribution is 7.92. The Kier molecular flexibility index (Phi) is 7.24. The van der Waals surface area contributed by atoms with Crippen LogP contribution in [-0.4, -0.2) is 35.5 Å². The van der Waals surface area contributed by atoms with E-state index in [0.717, 1.165) is 32.5 Å². The summed E-state index contributed by atoms with van der Waals surface area (Å²) in [5, 5.41) is 4.32. The highest BCUT2D eigenvalue weighted by Crippen LogP contribution is 2.26. The molecule has 0 radical (unpaired) electrons. The Hall–Kier alpha value is -3.89. The number of rotatable bonds is 8. The van der Waals surface area contributed by atoms with Crippen molar-refractivity contribution in [3.63, 3.8) is 0 Å². The molecule has 0 spiro atoms. The number of fused-ring (bicyclic) bond motifs is 1. The topological polar surface area (TPSA) is 113 Å². The molecule has 4 aromatic rings. The molecule has 0 fully saturated rings. The number of hydrogen-bond donors (Lipinski definition) is 2. The number of benzene rings is 4. The molecule has 4 aromatic carbocycles. The molecule has 8 nitrogen and oxygen atoms in total. The smallest absolute Gasteiger partial charge is 0.261 e. The van der Waals surface area contributed by atoms with Gasteiger partial charge in [-0.15, -0.1) is 0 Å². The molecular formula is C27H27N3O5S2. The van der Waals surface area contributed by atoms with E-state index < -0.39 is 32.5 Å². The van der Waals surface area contributed by atoms with Crippen LogP contribution in [0.15, 0.2) is 89.8 Å². The largest absolute Gasteiger partial charge is 0.325 e. The molecule has 0 saturated heterocycles. The summed E-state index contributed by atoms with van der Waals surface area (Å²) in [7, 11) is -7.61. The van der Waals surface area contributed by atoms with Gasteiger partial charge < -0.3 is 5.32 Å². The summed E-state index contributed by atoms with van der Waals surface area (Å²) in [6.07, 6.45) is 1.04. The fourth-order valence-electron chi connectivity index (χ4n) is 4.06. The van der Waals surface area contributed by atoms with Crippen LogP contribution in [0, 0.1) is 13.8 Å². The number of anilines is 3. The third-order valence-corrected chi connectivity index (χ3v) is 8.19. The monoisotopic (exact) mass is 537 g/mol. The number of nitrogens with one attached hydrogen (secondary N) is 2. The zero-order chi connectivity index (χ0) is 26.8. The molecule has 0 aromatic heterocycles. The van der Waals surface area contributed by atoms with E-state index in [4.69, 9.17) is 0 Å². The van der Waals surface area contributed by atoms with Crippen molar-refractivity contribution in [1.82, 2.24) is 0 Å². The minimum atomic E-state index is -3.88. The summed E-state index contributed by atoms with van der Waals surface area (Å²) < 4.78 is 54.4. The summed E-state index contributed by atoms with van der Waals surface area (Å²) in [4.78, 5) is 12.7. The van der Waals surface area contributed by atoms with Crippen molar-refractivity contribution in [1.29, 1.82) is 0 Å². The number of amides is 1. The van der Waals surface area contributed by atoms with Crippen LogP contribution in [0.4, 0.5) is 17.1 Å². The zero-order valence-corrected chi connectivity index (χ0v) is 22.2. The zero-order valence-electron chi connectivity index (χ0n) is 20.6. The lowest BCUT2D eigenvalue weighted by atomic mass is 10.1. The highest BCUT2D eigenvalue weighted by Gasteiger charge is 2.22. The molecule has 10 heteroatoms. The van der Waals surface area contributed by atoms with Gasteiger partial charge in [-0.3, -0.25) is 13.8 Å². The molecule has 37 heavy (non-hydrogen) atoms.